The van der Waals surface area contributed by atoms with Crippen LogP contribution in [0.4, 0.5) is 0 Å². The van der Waals surface area contributed by atoms with E-state index in [0.717, 1.165) is 31.9 Å². The Morgan fingerprint density at radius 2 is 2.12 bits per heavy atom. The van der Waals surface area contributed by atoms with E-state index < -0.39 is 0 Å². The predicted octanol–water partition coefficient (Wildman–Crippen LogP) is 2.74. The molecule has 0 bridgehead atoms. The summed E-state index contributed by atoms with van der Waals surface area (Å²) >= 11 is 1.84. The topological polar surface area (TPSA) is 42.9 Å². The molecule has 1 saturated heterocycles. The molecule has 2 heterocycles. The molecular formula is C19H36IN5S. The van der Waals surface area contributed by atoms with Crippen molar-refractivity contribution in [2.24, 2.45) is 10.9 Å². The van der Waals surface area contributed by atoms with Crippen LogP contribution in [-0.2, 0) is 6.42 Å². The van der Waals surface area contributed by atoms with E-state index in [9.17, 15) is 0 Å². The molecule has 1 aliphatic heterocycles. The van der Waals surface area contributed by atoms with Crippen molar-refractivity contribution in [1.82, 2.24) is 20.4 Å². The Labute approximate surface area is 180 Å². The molecule has 150 valence electrons. The fourth-order valence-corrected chi connectivity index (χ4v) is 4.04. The average Bonchev–Trinajstić information content (AvgIpc) is 3.02. The summed E-state index contributed by atoms with van der Waals surface area (Å²) in [4.78, 5) is 10.8. The van der Waals surface area contributed by atoms with E-state index in [1.165, 1.54) is 44.0 Å². The molecule has 1 aromatic heterocycles. The summed E-state index contributed by atoms with van der Waals surface area (Å²) in [5.74, 6) is 1.53. The molecule has 1 aromatic rings. The number of thiophene rings is 1. The number of hydrogen-bond acceptors (Lipinski definition) is 4. The van der Waals surface area contributed by atoms with E-state index in [4.69, 9.17) is 0 Å². The molecule has 0 radical (unpaired) electrons. The van der Waals surface area contributed by atoms with Crippen LogP contribution in [0.1, 0.15) is 24.6 Å². The number of hydrogen-bond donors (Lipinski definition) is 2. The second kappa shape index (κ2) is 13.7. The van der Waals surface area contributed by atoms with Gasteiger partial charge < -0.3 is 20.4 Å². The Hall–Kier alpha value is -0.380. The molecule has 1 unspecified atom stereocenters. The third-order valence-corrected chi connectivity index (χ3v) is 5.63. The fourth-order valence-electron chi connectivity index (χ4n) is 3.17. The first-order valence-electron chi connectivity index (χ1n) is 9.55. The van der Waals surface area contributed by atoms with Crippen molar-refractivity contribution in [1.29, 1.82) is 0 Å². The Morgan fingerprint density at radius 3 is 2.85 bits per heavy atom. The maximum absolute atomic E-state index is 4.34. The molecule has 5 nitrogen and oxygen atoms in total. The van der Waals surface area contributed by atoms with E-state index in [2.05, 4.69) is 56.9 Å². The lowest BCUT2D eigenvalue weighted by molar-refractivity contribution is 0.274. The Balaban J connectivity index is 0.00000338. The van der Waals surface area contributed by atoms with Gasteiger partial charge >= 0.3 is 0 Å². The smallest absolute Gasteiger partial charge is 0.190 e. The van der Waals surface area contributed by atoms with Gasteiger partial charge in [0.2, 0.25) is 0 Å². The van der Waals surface area contributed by atoms with Crippen molar-refractivity contribution in [2.45, 2.75) is 26.2 Å². The van der Waals surface area contributed by atoms with Gasteiger partial charge in [0.1, 0.15) is 0 Å². The summed E-state index contributed by atoms with van der Waals surface area (Å²) in [6.07, 6.45) is 3.58. The SMILES string of the molecule is CN=C(NCCCN1CCCN(C)CC1)NCC(C)Cc1cccs1.I. The van der Waals surface area contributed by atoms with E-state index in [-0.39, 0.29) is 24.0 Å². The van der Waals surface area contributed by atoms with E-state index in [1.807, 2.05) is 18.4 Å². The maximum atomic E-state index is 4.34. The third kappa shape index (κ3) is 9.53. The maximum Gasteiger partial charge on any atom is 0.190 e. The van der Waals surface area contributed by atoms with Gasteiger partial charge in [-0.3, -0.25) is 4.99 Å². The standard InChI is InChI=1S/C19H35N5S.HI/c1-17(15-18-7-4-14-25-18)16-22-19(20-2)21-8-5-10-24-11-6-9-23(3)12-13-24;/h4,7,14,17H,5-6,8-13,15-16H2,1-3H3,(H2,20,21,22);1H. The monoisotopic (exact) mass is 493 g/mol. The van der Waals surface area contributed by atoms with Gasteiger partial charge in [0.05, 0.1) is 0 Å². The van der Waals surface area contributed by atoms with Crippen molar-refractivity contribution in [3.63, 3.8) is 0 Å². The van der Waals surface area contributed by atoms with Crippen molar-refractivity contribution >= 4 is 41.3 Å². The van der Waals surface area contributed by atoms with Crippen molar-refractivity contribution < 1.29 is 0 Å². The number of nitrogens with zero attached hydrogens (tertiary/aromatic N) is 3. The van der Waals surface area contributed by atoms with Gasteiger partial charge in [-0.25, -0.2) is 0 Å². The summed E-state index contributed by atoms with van der Waals surface area (Å²) in [6, 6.07) is 4.35. The van der Waals surface area contributed by atoms with Crippen molar-refractivity contribution in [3.8, 4) is 0 Å². The first kappa shape index (κ1) is 23.7. The van der Waals surface area contributed by atoms with Crippen LogP contribution in [0.2, 0.25) is 0 Å². The largest absolute Gasteiger partial charge is 0.356 e. The highest BCUT2D eigenvalue weighted by molar-refractivity contribution is 14.0. The average molecular weight is 494 g/mol. The van der Waals surface area contributed by atoms with E-state index in [1.54, 1.807) is 0 Å². The minimum atomic E-state index is 0. The van der Waals surface area contributed by atoms with Crippen LogP contribution in [-0.4, -0.2) is 75.7 Å². The molecule has 2 N–H and O–H groups in total. The molecule has 7 heteroatoms. The van der Waals surface area contributed by atoms with Gasteiger partial charge in [-0.05, 0) is 63.3 Å². The first-order chi connectivity index (χ1) is 12.2. The second-order valence-electron chi connectivity index (χ2n) is 7.12. The molecule has 1 aliphatic rings. The molecule has 0 saturated carbocycles. The predicted molar refractivity (Wildman–Crippen MR) is 125 cm³/mol. The second-order valence-corrected chi connectivity index (χ2v) is 8.15. The molecule has 0 aromatic carbocycles. The zero-order valence-corrected chi connectivity index (χ0v) is 19.7. The number of rotatable bonds is 8. The molecular weight excluding hydrogens is 457 g/mol. The van der Waals surface area contributed by atoms with Crippen LogP contribution in [0.5, 0.6) is 0 Å². The minimum Gasteiger partial charge on any atom is -0.356 e. The zero-order chi connectivity index (χ0) is 17.9. The molecule has 0 spiro atoms. The highest BCUT2D eigenvalue weighted by atomic mass is 127. The quantitative estimate of drug-likeness (QED) is 0.253. The van der Waals surface area contributed by atoms with Gasteiger partial charge in [-0.2, -0.15) is 0 Å². The van der Waals surface area contributed by atoms with E-state index in [0.29, 0.717) is 5.92 Å². The van der Waals surface area contributed by atoms with Crippen LogP contribution < -0.4 is 10.6 Å². The molecule has 1 fully saturated rings. The number of guanidine groups is 1. The molecule has 2 rings (SSSR count). The van der Waals surface area contributed by atoms with Gasteiger partial charge in [-0.1, -0.05) is 13.0 Å². The Kier molecular flexibility index (Phi) is 12.5. The molecule has 0 amide bonds. The van der Waals surface area contributed by atoms with Crippen LogP contribution in [0.3, 0.4) is 0 Å². The number of aliphatic imine (C=N–C) groups is 1. The molecule has 0 aliphatic carbocycles. The van der Waals surface area contributed by atoms with Gasteiger partial charge in [0.25, 0.3) is 0 Å². The Morgan fingerprint density at radius 1 is 1.27 bits per heavy atom. The zero-order valence-electron chi connectivity index (χ0n) is 16.5. The summed E-state index contributed by atoms with van der Waals surface area (Å²) in [5.41, 5.74) is 0. The van der Waals surface area contributed by atoms with Crippen LogP contribution in [0, 0.1) is 5.92 Å². The molecule has 1 atom stereocenters. The van der Waals surface area contributed by atoms with Crippen molar-refractivity contribution in [3.05, 3.63) is 22.4 Å². The number of likely N-dealkylation sites (N-methyl/N-ethyl adjacent to an activating group) is 1. The third-order valence-electron chi connectivity index (χ3n) is 4.73. The summed E-state index contributed by atoms with van der Waals surface area (Å²) in [6.45, 7) is 10.2. The lowest BCUT2D eigenvalue weighted by Gasteiger charge is -2.20. The van der Waals surface area contributed by atoms with Crippen LogP contribution in [0.25, 0.3) is 0 Å². The summed E-state index contributed by atoms with van der Waals surface area (Å²) < 4.78 is 0. The first-order valence-corrected chi connectivity index (χ1v) is 10.4. The minimum absolute atomic E-state index is 0. The highest BCUT2D eigenvalue weighted by Gasteiger charge is 2.11. The number of halogens is 1. The normalized spacial score (nSPS) is 18.0. The van der Waals surface area contributed by atoms with Gasteiger partial charge in [-0.15, -0.1) is 35.3 Å². The summed E-state index contributed by atoms with van der Waals surface area (Å²) in [5, 5.41) is 9.06. The fraction of sp³-hybridized carbons (Fsp3) is 0.737. The molecule has 26 heavy (non-hydrogen) atoms. The lowest BCUT2D eigenvalue weighted by atomic mass is 10.1. The number of nitrogens with one attached hydrogen (secondary N) is 2. The highest BCUT2D eigenvalue weighted by Crippen LogP contribution is 2.13. The van der Waals surface area contributed by atoms with Gasteiger partial charge in [0, 0.05) is 38.1 Å². The van der Waals surface area contributed by atoms with Crippen LogP contribution >= 0.6 is 35.3 Å². The van der Waals surface area contributed by atoms with Crippen LogP contribution in [0.15, 0.2) is 22.5 Å². The van der Waals surface area contributed by atoms with Gasteiger partial charge in [0.15, 0.2) is 5.96 Å². The van der Waals surface area contributed by atoms with Crippen molar-refractivity contribution in [2.75, 3.05) is 59.9 Å². The summed E-state index contributed by atoms with van der Waals surface area (Å²) in [7, 11) is 4.07. The van der Waals surface area contributed by atoms with E-state index >= 15 is 0 Å². The lowest BCUT2D eigenvalue weighted by Crippen LogP contribution is -2.41. The Bertz CT molecular complexity index is 494.